The van der Waals surface area contributed by atoms with Gasteiger partial charge in [0.25, 0.3) is 0 Å². The molecule has 10 atom stereocenters. The average molecular weight is 1420 g/mol. The molecule has 0 amide bonds. The van der Waals surface area contributed by atoms with Crippen LogP contribution in [-0.4, -0.2) is 12.6 Å². The summed E-state index contributed by atoms with van der Waals surface area (Å²) in [5.74, 6) is 23.4. The molecule has 0 aromatic heterocycles. The highest BCUT2D eigenvalue weighted by molar-refractivity contribution is 4.85. The lowest BCUT2D eigenvalue weighted by Gasteiger charge is -2.37. The molecule has 4 N–H and O–H groups in total. The molecule has 608 valence electrons. The van der Waals surface area contributed by atoms with Crippen molar-refractivity contribution in [1.29, 1.82) is 0 Å². The average Bonchev–Trinajstić information content (AvgIpc) is 0.856. The van der Waals surface area contributed by atoms with E-state index in [1.165, 1.54) is 295 Å². The molecule has 0 spiro atoms. The van der Waals surface area contributed by atoms with E-state index in [4.69, 9.17) is 11.5 Å². The SMILES string of the molecule is C.CC(C)CC1(CN)CCCCC1.CC(C)CC1CCC(C)CC1.CC(C)CC1CCC(C)CC1.CC(C)CC1CCC(C)CC1.CC(C)CC1CCCC(N)C1.CC(C)C[C@@H]1CCC[C@@H](C)C1.CC(C)C[C@@H]1CCC[C@H](C)C1.CC(C)C[C@H]1CCC[C@@H](C)C1.CC(C)C[C@H]1CCC[C@H](C)C1. The second kappa shape index (κ2) is 59.8. The highest BCUT2D eigenvalue weighted by atomic mass is 14.6. The van der Waals surface area contributed by atoms with Gasteiger partial charge in [0.15, 0.2) is 0 Å². The van der Waals surface area contributed by atoms with E-state index in [0.717, 1.165) is 149 Å². The van der Waals surface area contributed by atoms with Gasteiger partial charge in [-0.2, -0.15) is 0 Å². The Morgan fingerprint density at radius 3 is 0.653 bits per heavy atom. The molecular formula is C99H202N2. The molecule has 0 bridgehead atoms. The van der Waals surface area contributed by atoms with Crippen LogP contribution in [0.15, 0.2) is 0 Å². The Hall–Kier alpha value is -0.0800. The maximum atomic E-state index is 5.90. The molecule has 9 saturated carbocycles. The number of hydrogen-bond donors (Lipinski definition) is 2. The van der Waals surface area contributed by atoms with Crippen LogP contribution in [0.2, 0.25) is 0 Å². The summed E-state index contributed by atoms with van der Waals surface area (Å²) in [5, 5.41) is 0. The van der Waals surface area contributed by atoms with E-state index in [9.17, 15) is 0 Å². The minimum Gasteiger partial charge on any atom is -0.330 e. The fraction of sp³-hybridized carbons (Fsp3) is 1.00. The van der Waals surface area contributed by atoms with Crippen LogP contribution in [0, 0.1) is 147 Å². The van der Waals surface area contributed by atoms with E-state index in [1.54, 1.807) is 0 Å². The predicted octanol–water partition coefficient (Wildman–Crippen LogP) is 33.1. The molecule has 9 aliphatic rings. The fourth-order valence-corrected chi connectivity index (χ4v) is 21.3. The first-order valence-corrected chi connectivity index (χ1v) is 46.6. The third-order valence-electron chi connectivity index (χ3n) is 26.0. The fourth-order valence-electron chi connectivity index (χ4n) is 21.3. The number of rotatable bonds is 19. The van der Waals surface area contributed by atoms with E-state index in [-0.39, 0.29) is 7.43 Å². The van der Waals surface area contributed by atoms with Gasteiger partial charge in [-0.25, -0.2) is 0 Å². The molecule has 0 heterocycles. The molecule has 101 heavy (non-hydrogen) atoms. The van der Waals surface area contributed by atoms with Crippen molar-refractivity contribution in [2.45, 2.75) is 482 Å². The molecule has 9 aliphatic carbocycles. The van der Waals surface area contributed by atoms with Gasteiger partial charge >= 0.3 is 0 Å². The van der Waals surface area contributed by atoms with Crippen molar-refractivity contribution in [1.82, 2.24) is 0 Å². The Morgan fingerprint density at radius 1 is 0.238 bits per heavy atom. The van der Waals surface area contributed by atoms with Crippen LogP contribution in [0.1, 0.15) is 476 Å². The Balaban J connectivity index is 0.00000111. The summed E-state index contributed by atoms with van der Waals surface area (Å²) >= 11 is 0. The largest absolute Gasteiger partial charge is 0.330 e. The van der Waals surface area contributed by atoms with Crippen LogP contribution in [0.5, 0.6) is 0 Å². The van der Waals surface area contributed by atoms with Crippen molar-refractivity contribution < 1.29 is 0 Å². The van der Waals surface area contributed by atoms with Crippen LogP contribution in [0.25, 0.3) is 0 Å². The van der Waals surface area contributed by atoms with Gasteiger partial charge in [0.05, 0.1) is 0 Å². The molecule has 0 aromatic carbocycles. The maximum absolute atomic E-state index is 5.90. The lowest BCUT2D eigenvalue weighted by molar-refractivity contribution is 0.159. The normalized spacial score (nSPS) is 31.2. The van der Waals surface area contributed by atoms with Gasteiger partial charge in [0.2, 0.25) is 0 Å². The summed E-state index contributed by atoms with van der Waals surface area (Å²) < 4.78 is 0. The highest BCUT2D eigenvalue weighted by Crippen LogP contribution is 2.42. The van der Waals surface area contributed by atoms with E-state index < -0.39 is 0 Å². The number of nitrogens with two attached hydrogens (primary N) is 2. The second-order valence-electron chi connectivity index (χ2n) is 42.6. The molecule has 9 fully saturated rings. The van der Waals surface area contributed by atoms with Crippen molar-refractivity contribution >= 4 is 0 Å². The summed E-state index contributed by atoms with van der Waals surface area (Å²) in [6.07, 6.45) is 67.0. The third-order valence-corrected chi connectivity index (χ3v) is 26.0. The molecule has 2 unspecified atom stereocenters. The second-order valence-corrected chi connectivity index (χ2v) is 42.6. The van der Waals surface area contributed by atoms with Gasteiger partial charge in [-0.3, -0.25) is 0 Å². The topological polar surface area (TPSA) is 52.0 Å². The first-order chi connectivity index (χ1) is 47.1. The Kier molecular flexibility index (Phi) is 59.7. The van der Waals surface area contributed by atoms with Gasteiger partial charge < -0.3 is 11.5 Å². The van der Waals surface area contributed by atoms with Gasteiger partial charge in [-0.15, -0.1) is 0 Å². The van der Waals surface area contributed by atoms with Crippen LogP contribution < -0.4 is 11.5 Å². The molecule has 2 nitrogen and oxygen atoms in total. The minimum atomic E-state index is 0. The molecule has 0 aromatic rings. The lowest BCUT2D eigenvalue weighted by atomic mass is 9.69. The molecule has 0 saturated heterocycles. The van der Waals surface area contributed by atoms with E-state index >= 15 is 0 Å². The molecule has 0 aliphatic heterocycles. The zero-order valence-electron chi connectivity index (χ0n) is 74.3. The van der Waals surface area contributed by atoms with E-state index in [0.29, 0.717) is 11.5 Å². The predicted molar refractivity (Wildman–Crippen MR) is 464 cm³/mol. The summed E-state index contributed by atoms with van der Waals surface area (Å²) in [6.45, 7) is 59.8. The monoisotopic (exact) mass is 1420 g/mol. The van der Waals surface area contributed by atoms with Crippen LogP contribution in [0.3, 0.4) is 0 Å². The third kappa shape index (κ3) is 56.8. The van der Waals surface area contributed by atoms with Crippen LogP contribution >= 0.6 is 0 Å². The van der Waals surface area contributed by atoms with Gasteiger partial charge in [-0.05, 0) is 263 Å². The van der Waals surface area contributed by atoms with Gasteiger partial charge in [-0.1, -0.05) is 367 Å². The van der Waals surface area contributed by atoms with E-state index in [2.05, 4.69) is 173 Å². The van der Waals surface area contributed by atoms with Crippen LogP contribution in [-0.2, 0) is 0 Å². The van der Waals surface area contributed by atoms with Crippen molar-refractivity contribution in [2.75, 3.05) is 6.54 Å². The molecule has 2 heteroatoms. The van der Waals surface area contributed by atoms with Crippen molar-refractivity contribution in [3.8, 4) is 0 Å². The maximum Gasteiger partial charge on any atom is 0.00414 e. The summed E-state index contributed by atoms with van der Waals surface area (Å²) in [4.78, 5) is 0. The Morgan fingerprint density at radius 2 is 0.455 bits per heavy atom. The molecule has 0 radical (unpaired) electrons. The quantitative estimate of drug-likeness (QED) is 0.135. The lowest BCUT2D eigenvalue weighted by Crippen LogP contribution is -2.34. The molecule has 9 rings (SSSR count). The van der Waals surface area contributed by atoms with Crippen molar-refractivity contribution in [2.24, 2.45) is 159 Å². The van der Waals surface area contributed by atoms with Crippen molar-refractivity contribution in [3.63, 3.8) is 0 Å². The zero-order valence-corrected chi connectivity index (χ0v) is 74.3. The first-order valence-electron chi connectivity index (χ1n) is 46.6. The standard InChI is InChI=1S/C11H23N.7C11H22.C10H21N.CH4/c1-10(2)8-11(9-12)6-4-3-5-7-11;3*1-9(2)8-11-6-4-10(3)5-7-11;4*1-9(2)7-11-6-4-5-10(3)8-11;1-8(2)6-9-4-3-5-10(11)7-9;/h10H,3-9,12H2,1-2H3;7*9-11H,4-8H2,1-3H3;8-10H,3-7,11H2,1-2H3;1H4/t;;;;2*10-,11+;2*10-,11-;;/m....1010../s1. The number of hydrogen-bond acceptors (Lipinski definition) is 2. The van der Waals surface area contributed by atoms with E-state index in [1.807, 2.05) is 0 Å². The van der Waals surface area contributed by atoms with Gasteiger partial charge in [0, 0.05) is 6.04 Å². The van der Waals surface area contributed by atoms with Crippen molar-refractivity contribution in [3.05, 3.63) is 0 Å². The zero-order chi connectivity index (χ0) is 75.2. The Labute approximate surface area is 643 Å². The highest BCUT2D eigenvalue weighted by Gasteiger charge is 2.31. The summed E-state index contributed by atoms with van der Waals surface area (Å²) in [7, 11) is 0. The first kappa shape index (κ1) is 101. The van der Waals surface area contributed by atoms with Gasteiger partial charge in [0.1, 0.15) is 0 Å². The summed E-state index contributed by atoms with van der Waals surface area (Å²) in [5.41, 5.74) is 12.3. The Bertz CT molecular complexity index is 1520. The summed E-state index contributed by atoms with van der Waals surface area (Å²) in [6, 6.07) is 0.507. The smallest absolute Gasteiger partial charge is 0.00414 e. The minimum absolute atomic E-state index is 0. The van der Waals surface area contributed by atoms with Crippen LogP contribution in [0.4, 0.5) is 0 Å². The molecular weight excluding hydrogens is 1220 g/mol.